The van der Waals surface area contributed by atoms with E-state index in [0.29, 0.717) is 16.1 Å². The van der Waals surface area contributed by atoms with Crippen molar-refractivity contribution in [3.8, 4) is 0 Å². The number of benzene rings is 2. The first kappa shape index (κ1) is 15.9. The average Bonchev–Trinajstić information content (AvgIpc) is 2.44. The van der Waals surface area contributed by atoms with Gasteiger partial charge in [0, 0.05) is 12.2 Å². The molecule has 0 aliphatic rings. The number of aryl methyl sites for hydroxylation is 2. The number of rotatable bonds is 3. The average molecular weight is 367 g/mol. The summed E-state index contributed by atoms with van der Waals surface area (Å²) in [5, 5.41) is 6.79. The van der Waals surface area contributed by atoms with Gasteiger partial charge in [0.15, 0.2) is 5.11 Å². The molecule has 0 atom stereocenters. The molecule has 0 spiro atoms. The van der Waals surface area contributed by atoms with Crippen LogP contribution in [0.2, 0.25) is 0 Å². The van der Waals surface area contributed by atoms with Crippen molar-refractivity contribution in [1.82, 2.24) is 5.32 Å². The third-order valence-corrected chi connectivity index (χ3v) is 4.06. The van der Waals surface area contributed by atoms with Crippen molar-refractivity contribution >= 4 is 38.9 Å². The molecule has 0 fully saturated rings. The van der Waals surface area contributed by atoms with Crippen molar-refractivity contribution in [3.05, 3.63) is 63.4 Å². The summed E-state index contributed by atoms with van der Waals surface area (Å²) in [5.74, 6) is -0.269. The Morgan fingerprint density at radius 2 is 1.90 bits per heavy atom. The van der Waals surface area contributed by atoms with Gasteiger partial charge in [-0.2, -0.15) is 0 Å². The van der Waals surface area contributed by atoms with Gasteiger partial charge in [-0.15, -0.1) is 0 Å². The number of hydrogen-bond acceptors (Lipinski definition) is 1. The number of anilines is 1. The van der Waals surface area contributed by atoms with Gasteiger partial charge in [0.05, 0.1) is 4.47 Å². The van der Waals surface area contributed by atoms with Crippen LogP contribution in [0.1, 0.15) is 16.7 Å². The van der Waals surface area contributed by atoms with Gasteiger partial charge in [-0.25, -0.2) is 4.39 Å². The zero-order chi connectivity index (χ0) is 15.4. The summed E-state index contributed by atoms with van der Waals surface area (Å²) >= 11 is 8.43. The highest BCUT2D eigenvalue weighted by atomic mass is 79.9. The van der Waals surface area contributed by atoms with Crippen LogP contribution in [0, 0.1) is 19.7 Å². The molecule has 0 aliphatic heterocycles. The van der Waals surface area contributed by atoms with E-state index in [1.807, 2.05) is 6.07 Å². The van der Waals surface area contributed by atoms with Gasteiger partial charge in [-0.3, -0.25) is 0 Å². The quantitative estimate of drug-likeness (QED) is 0.770. The molecule has 0 aromatic heterocycles. The maximum absolute atomic E-state index is 13.2. The minimum Gasteiger partial charge on any atom is -0.358 e. The molecule has 2 N–H and O–H groups in total. The van der Waals surface area contributed by atoms with Crippen molar-refractivity contribution < 1.29 is 4.39 Å². The molecule has 21 heavy (non-hydrogen) atoms. The molecule has 0 radical (unpaired) electrons. The van der Waals surface area contributed by atoms with E-state index in [1.54, 1.807) is 12.1 Å². The highest BCUT2D eigenvalue weighted by Gasteiger charge is 2.02. The first-order valence-electron chi connectivity index (χ1n) is 6.52. The molecule has 0 saturated heterocycles. The maximum Gasteiger partial charge on any atom is 0.171 e. The zero-order valence-corrected chi connectivity index (χ0v) is 14.2. The second-order valence-electron chi connectivity index (χ2n) is 4.86. The predicted molar refractivity (Wildman–Crippen MR) is 93.1 cm³/mol. The standard InChI is InChI=1S/C16H16BrFN2S/c1-10-3-5-13(7-11(10)2)20-16(21)19-9-12-4-6-15(18)14(17)8-12/h3-8H,9H2,1-2H3,(H2,19,20,21). The van der Waals surface area contributed by atoms with Crippen molar-refractivity contribution in [1.29, 1.82) is 0 Å². The summed E-state index contributed by atoms with van der Waals surface area (Å²) in [7, 11) is 0. The van der Waals surface area contributed by atoms with Crippen LogP contribution in [0.5, 0.6) is 0 Å². The highest BCUT2D eigenvalue weighted by Crippen LogP contribution is 2.17. The first-order chi connectivity index (χ1) is 9.95. The summed E-state index contributed by atoms with van der Waals surface area (Å²) in [4.78, 5) is 0. The van der Waals surface area contributed by atoms with E-state index in [2.05, 4.69) is 52.5 Å². The Kier molecular flexibility index (Phi) is 5.31. The topological polar surface area (TPSA) is 24.1 Å². The molecule has 0 amide bonds. The van der Waals surface area contributed by atoms with Gasteiger partial charge >= 0.3 is 0 Å². The van der Waals surface area contributed by atoms with E-state index in [9.17, 15) is 4.39 Å². The lowest BCUT2D eigenvalue weighted by Crippen LogP contribution is -2.27. The third kappa shape index (κ3) is 4.51. The van der Waals surface area contributed by atoms with Crippen molar-refractivity contribution in [2.24, 2.45) is 0 Å². The molecular formula is C16H16BrFN2S. The molecule has 2 aromatic carbocycles. The fourth-order valence-corrected chi connectivity index (χ4v) is 2.44. The normalized spacial score (nSPS) is 10.3. The SMILES string of the molecule is Cc1ccc(NC(=S)NCc2ccc(F)c(Br)c2)cc1C. The fraction of sp³-hybridized carbons (Fsp3) is 0.188. The van der Waals surface area contributed by atoms with Gasteiger partial charge in [0.2, 0.25) is 0 Å². The van der Waals surface area contributed by atoms with E-state index in [4.69, 9.17) is 12.2 Å². The zero-order valence-electron chi connectivity index (χ0n) is 11.8. The van der Waals surface area contributed by atoms with E-state index >= 15 is 0 Å². The third-order valence-electron chi connectivity index (χ3n) is 3.20. The lowest BCUT2D eigenvalue weighted by atomic mass is 10.1. The summed E-state index contributed by atoms with van der Waals surface area (Å²) in [6.07, 6.45) is 0. The Labute approximate surface area is 137 Å². The number of nitrogens with one attached hydrogen (secondary N) is 2. The first-order valence-corrected chi connectivity index (χ1v) is 7.72. The van der Waals surface area contributed by atoms with Crippen molar-refractivity contribution in [2.75, 3.05) is 5.32 Å². The molecule has 0 bridgehead atoms. The number of thiocarbonyl (C=S) groups is 1. The molecule has 0 aliphatic carbocycles. The van der Waals surface area contributed by atoms with Crippen LogP contribution >= 0.6 is 28.1 Å². The minimum atomic E-state index is -0.269. The van der Waals surface area contributed by atoms with Crippen LogP contribution in [-0.4, -0.2) is 5.11 Å². The second-order valence-corrected chi connectivity index (χ2v) is 6.12. The Bertz CT molecular complexity index is 673. The molecule has 0 saturated carbocycles. The summed E-state index contributed by atoms with van der Waals surface area (Å²) in [6.45, 7) is 4.67. The Morgan fingerprint density at radius 1 is 1.14 bits per heavy atom. The Hall–Kier alpha value is -1.46. The molecule has 2 rings (SSSR count). The molecule has 2 aromatic rings. The number of hydrogen-bond donors (Lipinski definition) is 2. The van der Waals surface area contributed by atoms with Crippen LogP contribution in [-0.2, 0) is 6.54 Å². The van der Waals surface area contributed by atoms with Crippen LogP contribution in [0.15, 0.2) is 40.9 Å². The van der Waals surface area contributed by atoms with Gasteiger partial charge in [-0.1, -0.05) is 12.1 Å². The maximum atomic E-state index is 13.2. The van der Waals surface area contributed by atoms with E-state index in [1.165, 1.54) is 17.2 Å². The van der Waals surface area contributed by atoms with Crippen LogP contribution in [0.3, 0.4) is 0 Å². The number of halogens is 2. The smallest absolute Gasteiger partial charge is 0.171 e. The predicted octanol–water partition coefficient (Wildman–Crippen LogP) is 4.69. The van der Waals surface area contributed by atoms with Gasteiger partial charge in [0.1, 0.15) is 5.82 Å². The molecule has 0 heterocycles. The lowest BCUT2D eigenvalue weighted by Gasteiger charge is -2.12. The van der Waals surface area contributed by atoms with Crippen LogP contribution in [0.25, 0.3) is 0 Å². The molecular weight excluding hydrogens is 351 g/mol. The molecule has 110 valence electrons. The summed E-state index contributed by atoms with van der Waals surface area (Å²) < 4.78 is 13.6. The molecule has 2 nitrogen and oxygen atoms in total. The van der Waals surface area contributed by atoms with Gasteiger partial charge < -0.3 is 10.6 Å². The van der Waals surface area contributed by atoms with Crippen molar-refractivity contribution in [2.45, 2.75) is 20.4 Å². The fourth-order valence-electron chi connectivity index (χ4n) is 1.83. The van der Waals surface area contributed by atoms with Crippen LogP contribution in [0.4, 0.5) is 10.1 Å². The molecule has 5 heteroatoms. The van der Waals surface area contributed by atoms with E-state index in [-0.39, 0.29) is 5.82 Å². The van der Waals surface area contributed by atoms with Crippen LogP contribution < -0.4 is 10.6 Å². The second kappa shape index (κ2) is 7.00. The van der Waals surface area contributed by atoms with E-state index in [0.717, 1.165) is 11.3 Å². The Balaban J connectivity index is 1.92. The van der Waals surface area contributed by atoms with Gasteiger partial charge in [0.25, 0.3) is 0 Å². The summed E-state index contributed by atoms with van der Waals surface area (Å²) in [6, 6.07) is 11.0. The van der Waals surface area contributed by atoms with Gasteiger partial charge in [-0.05, 0) is 83.0 Å². The molecule has 0 unspecified atom stereocenters. The van der Waals surface area contributed by atoms with Crippen molar-refractivity contribution in [3.63, 3.8) is 0 Å². The largest absolute Gasteiger partial charge is 0.358 e. The lowest BCUT2D eigenvalue weighted by molar-refractivity contribution is 0.620. The monoisotopic (exact) mass is 366 g/mol. The Morgan fingerprint density at radius 3 is 2.57 bits per heavy atom. The van der Waals surface area contributed by atoms with E-state index < -0.39 is 0 Å². The minimum absolute atomic E-state index is 0.269. The highest BCUT2D eigenvalue weighted by molar-refractivity contribution is 9.10. The summed E-state index contributed by atoms with van der Waals surface area (Å²) in [5.41, 5.74) is 4.37.